The highest BCUT2D eigenvalue weighted by Gasteiger charge is 2.18. The molecule has 0 atom stereocenters. The second kappa shape index (κ2) is 7.36. The molecule has 0 aliphatic carbocycles. The molecule has 27 heavy (non-hydrogen) atoms. The lowest BCUT2D eigenvalue weighted by Crippen LogP contribution is -2.44. The van der Waals surface area contributed by atoms with E-state index in [4.69, 9.17) is 0 Å². The number of hydrogen-bond donors (Lipinski definition) is 1. The van der Waals surface area contributed by atoms with E-state index < -0.39 is 28.7 Å². The van der Waals surface area contributed by atoms with E-state index in [-0.39, 0.29) is 12.2 Å². The molecule has 3 rings (SSSR count). The van der Waals surface area contributed by atoms with Gasteiger partial charge in [0.2, 0.25) is 5.69 Å². The molecule has 2 aromatic carbocycles. The number of rotatable bonds is 4. The zero-order chi connectivity index (χ0) is 19.6. The van der Waals surface area contributed by atoms with Gasteiger partial charge in [-0.1, -0.05) is 29.8 Å². The number of halogens is 1. The first-order chi connectivity index (χ1) is 12.9. The molecule has 1 aromatic heterocycles. The Hall–Kier alpha value is -3.55. The number of aromatic nitrogens is 3. The lowest BCUT2D eigenvalue weighted by Gasteiger charge is -2.10. The summed E-state index contributed by atoms with van der Waals surface area (Å²) in [5, 5.41) is 6.52. The van der Waals surface area contributed by atoms with Gasteiger partial charge in [-0.3, -0.25) is 14.2 Å². The summed E-state index contributed by atoms with van der Waals surface area (Å²) in [5.74, 6) is -1.18. The number of nitrogens with one attached hydrogen (secondary N) is 1. The maximum Gasteiger partial charge on any atom is 0.351 e. The molecule has 7 nitrogen and oxygen atoms in total. The lowest BCUT2D eigenvalue weighted by atomic mass is 10.1. The van der Waals surface area contributed by atoms with Crippen LogP contribution in [0.3, 0.4) is 0 Å². The molecule has 0 radical (unpaired) electrons. The first kappa shape index (κ1) is 18.2. The molecule has 0 saturated carbocycles. The van der Waals surface area contributed by atoms with Crippen LogP contribution in [0, 0.1) is 12.7 Å². The Morgan fingerprint density at radius 1 is 1.07 bits per heavy atom. The summed E-state index contributed by atoms with van der Waals surface area (Å²) < 4.78 is 14.8. The summed E-state index contributed by atoms with van der Waals surface area (Å²) in [6.07, 6.45) is 0. The first-order valence-electron chi connectivity index (χ1n) is 8.17. The van der Waals surface area contributed by atoms with Crippen LogP contribution in [0.5, 0.6) is 0 Å². The van der Waals surface area contributed by atoms with Gasteiger partial charge in [-0.05, 0) is 36.8 Å². The zero-order valence-electron chi connectivity index (χ0n) is 14.8. The van der Waals surface area contributed by atoms with Crippen molar-refractivity contribution in [2.75, 3.05) is 0 Å². The summed E-state index contributed by atoms with van der Waals surface area (Å²) in [6.45, 7) is 2.16. The third-order valence-corrected chi connectivity index (χ3v) is 4.04. The van der Waals surface area contributed by atoms with E-state index in [0.29, 0.717) is 0 Å². The van der Waals surface area contributed by atoms with E-state index >= 15 is 0 Å². The molecule has 0 unspecified atom stereocenters. The molecular formula is C19H17FN4O3. The largest absolute Gasteiger partial charge is 0.351 e. The predicted octanol–water partition coefficient (Wildman–Crippen LogP) is 1.31. The zero-order valence-corrected chi connectivity index (χ0v) is 14.8. The number of carbonyl (C=O) groups excluding carboxylic acids is 1. The Bertz CT molecular complexity index is 1100. The average Bonchev–Trinajstić information content (AvgIpc) is 2.66. The molecule has 8 heteroatoms. The van der Waals surface area contributed by atoms with Crippen LogP contribution in [0.4, 0.5) is 4.39 Å². The molecule has 0 saturated heterocycles. The fraction of sp³-hybridized carbons (Fsp3) is 0.158. The Kier molecular flexibility index (Phi) is 4.98. The molecule has 1 heterocycles. The third kappa shape index (κ3) is 3.84. The molecule has 138 valence electrons. The van der Waals surface area contributed by atoms with Crippen molar-refractivity contribution in [3.63, 3.8) is 0 Å². The maximum atomic E-state index is 13.1. The topological polar surface area (TPSA) is 86.0 Å². The van der Waals surface area contributed by atoms with Gasteiger partial charge >= 0.3 is 5.69 Å². The molecule has 0 bridgehead atoms. The van der Waals surface area contributed by atoms with Gasteiger partial charge in [0.05, 0.1) is 5.69 Å². The van der Waals surface area contributed by atoms with Gasteiger partial charge in [0.1, 0.15) is 5.82 Å². The van der Waals surface area contributed by atoms with Gasteiger partial charge in [-0.2, -0.15) is 9.78 Å². The van der Waals surface area contributed by atoms with E-state index in [9.17, 15) is 18.8 Å². The van der Waals surface area contributed by atoms with Crippen molar-refractivity contribution in [3.8, 4) is 5.69 Å². The molecule has 1 N–H and O–H groups in total. The minimum atomic E-state index is -0.806. The van der Waals surface area contributed by atoms with Crippen LogP contribution < -0.4 is 16.6 Å². The molecule has 0 aliphatic rings. The number of aryl methyl sites for hydroxylation is 1. The van der Waals surface area contributed by atoms with Crippen LogP contribution >= 0.6 is 0 Å². The number of benzene rings is 2. The highest BCUT2D eigenvalue weighted by molar-refractivity contribution is 5.91. The normalized spacial score (nSPS) is 10.6. The number of hydrogen-bond acceptors (Lipinski definition) is 4. The minimum absolute atomic E-state index is 0.208. The third-order valence-electron chi connectivity index (χ3n) is 4.04. The molecule has 0 spiro atoms. The van der Waals surface area contributed by atoms with Crippen molar-refractivity contribution in [1.29, 1.82) is 0 Å². The summed E-state index contributed by atoms with van der Waals surface area (Å²) in [5.41, 5.74) is 0.226. The van der Waals surface area contributed by atoms with E-state index in [0.717, 1.165) is 32.5 Å². The van der Waals surface area contributed by atoms with Gasteiger partial charge < -0.3 is 5.32 Å². The second-order valence-electron chi connectivity index (χ2n) is 6.05. The van der Waals surface area contributed by atoms with Crippen molar-refractivity contribution in [1.82, 2.24) is 19.7 Å². The van der Waals surface area contributed by atoms with Gasteiger partial charge in [0.25, 0.3) is 11.5 Å². The fourth-order valence-electron chi connectivity index (χ4n) is 2.44. The summed E-state index contributed by atoms with van der Waals surface area (Å²) in [6, 6.07) is 12.5. The Morgan fingerprint density at radius 3 is 2.33 bits per heavy atom. The van der Waals surface area contributed by atoms with Gasteiger partial charge in [-0.15, -0.1) is 0 Å². The van der Waals surface area contributed by atoms with Crippen LogP contribution in [-0.4, -0.2) is 20.3 Å². The first-order valence-corrected chi connectivity index (χ1v) is 8.17. The van der Waals surface area contributed by atoms with Crippen LogP contribution in [0.1, 0.15) is 21.6 Å². The SMILES string of the molecule is Cc1ccc(CNC(=O)c2nn(-c3ccc(F)cc3)c(=O)n(C)c2=O)cc1. The number of nitrogens with zero attached hydrogens (tertiary/aromatic N) is 3. The summed E-state index contributed by atoms with van der Waals surface area (Å²) >= 11 is 0. The molecule has 3 aromatic rings. The maximum absolute atomic E-state index is 13.1. The van der Waals surface area contributed by atoms with E-state index in [1.807, 2.05) is 31.2 Å². The summed E-state index contributed by atoms with van der Waals surface area (Å²) in [7, 11) is 1.25. The van der Waals surface area contributed by atoms with E-state index in [1.54, 1.807) is 0 Å². The van der Waals surface area contributed by atoms with Crippen molar-refractivity contribution in [3.05, 3.63) is 92.0 Å². The molecule has 0 aliphatic heterocycles. The average molecular weight is 368 g/mol. The fourth-order valence-corrected chi connectivity index (χ4v) is 2.44. The van der Waals surface area contributed by atoms with Crippen LogP contribution in [0.2, 0.25) is 0 Å². The standard InChI is InChI=1S/C19H17FN4O3/c1-12-3-5-13(6-4-12)11-21-17(25)16-18(26)23(2)19(27)24(22-16)15-9-7-14(20)8-10-15/h3-10H,11H2,1-2H3,(H,21,25). The van der Waals surface area contributed by atoms with Gasteiger partial charge in [0.15, 0.2) is 0 Å². The predicted molar refractivity (Wildman–Crippen MR) is 97.4 cm³/mol. The van der Waals surface area contributed by atoms with E-state index in [2.05, 4.69) is 10.4 Å². The van der Waals surface area contributed by atoms with Crippen molar-refractivity contribution >= 4 is 5.91 Å². The van der Waals surface area contributed by atoms with Gasteiger partial charge in [-0.25, -0.2) is 9.18 Å². The Labute approximate surface area is 153 Å². The van der Waals surface area contributed by atoms with Crippen LogP contribution in [-0.2, 0) is 13.6 Å². The highest BCUT2D eigenvalue weighted by Crippen LogP contribution is 2.06. The number of amides is 1. The van der Waals surface area contributed by atoms with Crippen LogP contribution in [0.15, 0.2) is 58.1 Å². The Morgan fingerprint density at radius 2 is 1.70 bits per heavy atom. The Balaban J connectivity index is 1.93. The van der Waals surface area contributed by atoms with E-state index in [1.165, 1.54) is 19.2 Å². The van der Waals surface area contributed by atoms with Crippen LogP contribution in [0.25, 0.3) is 5.69 Å². The lowest BCUT2D eigenvalue weighted by molar-refractivity contribution is 0.0941. The van der Waals surface area contributed by atoms with Crippen molar-refractivity contribution in [2.24, 2.45) is 7.05 Å². The quantitative estimate of drug-likeness (QED) is 0.752. The smallest absolute Gasteiger partial charge is 0.346 e. The monoisotopic (exact) mass is 368 g/mol. The number of carbonyl (C=O) groups is 1. The minimum Gasteiger partial charge on any atom is -0.346 e. The molecular weight excluding hydrogens is 351 g/mol. The van der Waals surface area contributed by atoms with Crippen molar-refractivity contribution < 1.29 is 9.18 Å². The molecule has 0 fully saturated rings. The summed E-state index contributed by atoms with van der Waals surface area (Å²) in [4.78, 5) is 37.0. The highest BCUT2D eigenvalue weighted by atomic mass is 19.1. The second-order valence-corrected chi connectivity index (χ2v) is 6.05. The van der Waals surface area contributed by atoms with Crippen molar-refractivity contribution in [2.45, 2.75) is 13.5 Å². The van der Waals surface area contributed by atoms with Gasteiger partial charge in [0, 0.05) is 13.6 Å². The molecule has 1 amide bonds.